The molecule has 158 valence electrons. The number of nitrogens with zero attached hydrogens (tertiary/aromatic N) is 1. The van der Waals surface area contributed by atoms with E-state index in [4.69, 9.17) is 22.1 Å². The number of amides is 1. The molecule has 1 aliphatic heterocycles. The van der Waals surface area contributed by atoms with Crippen LogP contribution in [0, 0.1) is 10.8 Å². The normalized spacial score (nSPS) is 29.2. The van der Waals surface area contributed by atoms with Crippen LogP contribution in [0.5, 0.6) is 0 Å². The minimum absolute atomic E-state index is 0.0725. The number of hydrogen-bond donors (Lipinski definition) is 1. The van der Waals surface area contributed by atoms with Gasteiger partial charge in [-0.25, -0.2) is 0 Å². The van der Waals surface area contributed by atoms with Crippen molar-refractivity contribution in [2.75, 3.05) is 23.1 Å². The summed E-state index contributed by atoms with van der Waals surface area (Å²) in [6, 6.07) is 9.93. The molecule has 6 rings (SSSR count). The van der Waals surface area contributed by atoms with Crippen molar-refractivity contribution in [2.24, 2.45) is 10.8 Å². The molecule has 3 saturated carbocycles. The number of benzene rings is 2. The summed E-state index contributed by atoms with van der Waals surface area (Å²) in [6.07, 6.45) is 1.73. The van der Waals surface area contributed by atoms with Gasteiger partial charge in [0.1, 0.15) is 5.60 Å². The molecule has 3 fully saturated rings. The van der Waals surface area contributed by atoms with Gasteiger partial charge in [-0.15, -0.1) is 11.6 Å². The van der Waals surface area contributed by atoms with Crippen molar-refractivity contribution in [2.45, 2.75) is 51.6 Å². The molecule has 6 heteroatoms. The molecule has 2 N–H and O–H groups in total. The lowest BCUT2D eigenvalue weighted by atomic mass is 9.34. The third-order valence-corrected chi connectivity index (χ3v) is 7.32. The first-order valence-corrected chi connectivity index (χ1v) is 11.1. The maximum atomic E-state index is 13.6. The Morgan fingerprint density at radius 1 is 1.17 bits per heavy atom. The van der Waals surface area contributed by atoms with Gasteiger partial charge in [0.15, 0.2) is 0 Å². The highest BCUT2D eigenvalue weighted by Gasteiger charge is 2.76. The van der Waals surface area contributed by atoms with Crippen LogP contribution in [-0.4, -0.2) is 29.9 Å². The summed E-state index contributed by atoms with van der Waals surface area (Å²) in [5, 5.41) is 2.06. The summed E-state index contributed by atoms with van der Waals surface area (Å²) in [7, 11) is 0. The Kier molecular flexibility index (Phi) is 4.02. The van der Waals surface area contributed by atoms with Crippen molar-refractivity contribution >= 4 is 45.6 Å². The average molecular weight is 427 g/mol. The molecular formula is C24H27ClN2O3. The van der Waals surface area contributed by atoms with E-state index in [0.29, 0.717) is 37.4 Å². The van der Waals surface area contributed by atoms with Gasteiger partial charge in [-0.3, -0.25) is 9.59 Å². The van der Waals surface area contributed by atoms with Gasteiger partial charge in [0.05, 0.1) is 10.8 Å². The number of fused-ring (bicyclic) bond motifs is 3. The van der Waals surface area contributed by atoms with E-state index in [1.807, 2.05) is 49.9 Å². The van der Waals surface area contributed by atoms with Crippen LogP contribution >= 0.6 is 11.6 Å². The maximum Gasteiger partial charge on any atom is 0.312 e. The number of carbonyl (C=O) groups excluding carboxylic acids is 2. The fourth-order valence-electron chi connectivity index (χ4n) is 5.70. The first-order valence-electron chi connectivity index (χ1n) is 10.5. The lowest BCUT2D eigenvalue weighted by molar-refractivity contribution is -0.230. The third-order valence-electron chi connectivity index (χ3n) is 6.95. The van der Waals surface area contributed by atoms with Crippen LogP contribution in [0.3, 0.4) is 0 Å². The van der Waals surface area contributed by atoms with Crippen molar-refractivity contribution in [3.63, 3.8) is 0 Å². The Balaban J connectivity index is 1.43. The molecule has 0 spiro atoms. The first kappa shape index (κ1) is 19.7. The second kappa shape index (κ2) is 6.13. The molecule has 1 amide bonds. The second-order valence-electron chi connectivity index (χ2n) is 10.3. The van der Waals surface area contributed by atoms with Crippen LogP contribution in [0.4, 0.5) is 11.4 Å². The number of esters is 1. The molecule has 3 aliphatic carbocycles. The van der Waals surface area contributed by atoms with E-state index in [2.05, 4.69) is 6.07 Å². The molecule has 2 aromatic rings. The first-order chi connectivity index (χ1) is 14.1. The monoisotopic (exact) mass is 426 g/mol. The molecule has 1 heterocycles. The summed E-state index contributed by atoms with van der Waals surface area (Å²) in [5.41, 5.74) is 7.55. The van der Waals surface area contributed by atoms with Gasteiger partial charge in [-0.2, -0.15) is 0 Å². The summed E-state index contributed by atoms with van der Waals surface area (Å²) in [5.74, 6) is 0.444. The molecule has 5 nitrogen and oxygen atoms in total. The number of hydrogen-bond acceptors (Lipinski definition) is 4. The Labute approximate surface area is 181 Å². The highest BCUT2D eigenvalue weighted by atomic mass is 35.5. The van der Waals surface area contributed by atoms with Crippen LogP contribution in [0.15, 0.2) is 30.3 Å². The van der Waals surface area contributed by atoms with Gasteiger partial charge in [-0.1, -0.05) is 24.3 Å². The highest BCUT2D eigenvalue weighted by Crippen LogP contribution is 2.74. The number of halogens is 1. The lowest BCUT2D eigenvalue weighted by Gasteiger charge is -2.67. The van der Waals surface area contributed by atoms with Crippen molar-refractivity contribution < 1.29 is 14.3 Å². The number of nitrogens with two attached hydrogens (primary N) is 1. The predicted octanol–water partition coefficient (Wildman–Crippen LogP) is 4.60. The number of alkyl halides is 1. The average Bonchev–Trinajstić information content (AvgIpc) is 2.96. The SMILES string of the molecule is CC(C)(C)OC(=O)C12CC(C(=O)N3C[C@@H](CCl)c4c3cc(N)c3ccccc43)(C1)C2. The minimum atomic E-state index is -0.510. The molecule has 0 radical (unpaired) electrons. The molecule has 1 atom stereocenters. The van der Waals surface area contributed by atoms with Crippen LogP contribution in [0.2, 0.25) is 0 Å². The van der Waals surface area contributed by atoms with Crippen molar-refractivity contribution in [3.05, 3.63) is 35.9 Å². The molecule has 0 unspecified atom stereocenters. The summed E-state index contributed by atoms with van der Waals surface area (Å²) >= 11 is 6.31. The molecule has 30 heavy (non-hydrogen) atoms. The quantitative estimate of drug-likeness (QED) is 0.442. The van der Waals surface area contributed by atoms with Gasteiger partial charge in [-0.05, 0) is 57.0 Å². The van der Waals surface area contributed by atoms with Crippen molar-refractivity contribution in [1.82, 2.24) is 0 Å². The summed E-state index contributed by atoms with van der Waals surface area (Å²) in [6.45, 7) is 6.19. The summed E-state index contributed by atoms with van der Waals surface area (Å²) < 4.78 is 5.59. The van der Waals surface area contributed by atoms with Gasteiger partial charge < -0.3 is 15.4 Å². The largest absolute Gasteiger partial charge is 0.460 e. The highest BCUT2D eigenvalue weighted by molar-refractivity contribution is 6.19. The van der Waals surface area contributed by atoms with Crippen LogP contribution < -0.4 is 10.6 Å². The molecule has 0 aromatic heterocycles. The van der Waals surface area contributed by atoms with Crippen LogP contribution in [0.1, 0.15) is 51.5 Å². The number of carbonyl (C=O) groups is 2. The fourth-order valence-corrected chi connectivity index (χ4v) is 5.95. The number of ether oxygens (including phenoxy) is 1. The van der Waals surface area contributed by atoms with E-state index in [1.165, 1.54) is 0 Å². The second-order valence-corrected chi connectivity index (χ2v) is 10.6. The van der Waals surface area contributed by atoms with E-state index < -0.39 is 16.4 Å². The Morgan fingerprint density at radius 2 is 1.80 bits per heavy atom. The third kappa shape index (κ3) is 2.60. The van der Waals surface area contributed by atoms with E-state index >= 15 is 0 Å². The van der Waals surface area contributed by atoms with Gasteiger partial charge in [0.25, 0.3) is 0 Å². The maximum absolute atomic E-state index is 13.6. The number of nitrogen functional groups attached to an aromatic ring is 1. The van der Waals surface area contributed by atoms with E-state index in [0.717, 1.165) is 22.0 Å². The topological polar surface area (TPSA) is 72.6 Å². The zero-order valence-electron chi connectivity index (χ0n) is 17.6. The molecular weight excluding hydrogens is 400 g/mol. The molecule has 4 aliphatic rings. The standard InChI is InChI=1S/C24H27ClN2O3/c1-22(2,3)30-21(29)24-11-23(12-24,13-24)20(28)27-10-14(9-25)19-16-7-5-4-6-15(16)17(26)8-18(19)27/h4-8,14H,9-13,26H2,1-3H3/t14-,23?,24?/m1/s1. The zero-order chi connectivity index (χ0) is 21.5. The minimum Gasteiger partial charge on any atom is -0.460 e. The Hall–Kier alpha value is -2.27. The smallest absolute Gasteiger partial charge is 0.312 e. The molecule has 0 saturated heterocycles. The van der Waals surface area contributed by atoms with Crippen molar-refractivity contribution in [3.8, 4) is 0 Å². The van der Waals surface area contributed by atoms with Crippen molar-refractivity contribution in [1.29, 1.82) is 0 Å². The van der Waals surface area contributed by atoms with Gasteiger partial charge in [0, 0.05) is 35.1 Å². The van der Waals surface area contributed by atoms with E-state index in [1.54, 1.807) is 0 Å². The van der Waals surface area contributed by atoms with E-state index in [9.17, 15) is 9.59 Å². The van der Waals surface area contributed by atoms with Crippen LogP contribution in [-0.2, 0) is 14.3 Å². The molecule has 2 bridgehead atoms. The van der Waals surface area contributed by atoms with Crippen LogP contribution in [0.25, 0.3) is 10.8 Å². The zero-order valence-corrected chi connectivity index (χ0v) is 18.4. The Bertz CT molecular complexity index is 1070. The van der Waals surface area contributed by atoms with E-state index in [-0.39, 0.29) is 17.8 Å². The predicted molar refractivity (Wildman–Crippen MR) is 119 cm³/mol. The number of rotatable bonds is 3. The molecule has 2 aromatic carbocycles. The van der Waals surface area contributed by atoms with Gasteiger partial charge in [0.2, 0.25) is 5.91 Å². The van der Waals surface area contributed by atoms with Gasteiger partial charge >= 0.3 is 5.97 Å². The fraction of sp³-hybridized carbons (Fsp3) is 0.500. The lowest BCUT2D eigenvalue weighted by Crippen LogP contribution is -2.71. The summed E-state index contributed by atoms with van der Waals surface area (Å²) in [4.78, 5) is 28.1. The number of anilines is 2. The Morgan fingerprint density at radius 3 is 2.40 bits per heavy atom.